The molecule has 0 bridgehead atoms. The molecule has 7 heteroatoms. The Morgan fingerprint density at radius 2 is 2.31 bits per heavy atom. The molecule has 94 valence electrons. The summed E-state index contributed by atoms with van der Waals surface area (Å²) in [4.78, 5) is 22.0. The van der Waals surface area contributed by atoms with Crippen LogP contribution in [-0.4, -0.2) is 51.3 Å². The molecule has 1 atom stereocenters. The number of carbonyl (C=O) groups excluding carboxylic acids is 2. The fourth-order valence-corrected chi connectivity index (χ4v) is 1.29. The molecule has 1 amide bonds. The first-order valence-corrected chi connectivity index (χ1v) is 4.87. The SMILES string of the molecule is COC(=O)CNC(=O)CC1COCCN1.Cl. The van der Waals surface area contributed by atoms with Gasteiger partial charge in [-0.3, -0.25) is 9.59 Å². The van der Waals surface area contributed by atoms with Crippen molar-refractivity contribution in [2.75, 3.05) is 33.4 Å². The number of carbonyl (C=O) groups is 2. The molecule has 1 saturated heterocycles. The van der Waals surface area contributed by atoms with Crippen molar-refractivity contribution < 1.29 is 19.1 Å². The smallest absolute Gasteiger partial charge is 0.325 e. The lowest BCUT2D eigenvalue weighted by Crippen LogP contribution is -2.44. The fraction of sp³-hybridized carbons (Fsp3) is 0.778. The topological polar surface area (TPSA) is 76.7 Å². The van der Waals surface area contributed by atoms with E-state index in [1.54, 1.807) is 0 Å². The van der Waals surface area contributed by atoms with Crippen molar-refractivity contribution in [1.82, 2.24) is 10.6 Å². The molecule has 0 saturated carbocycles. The number of halogens is 1. The Balaban J connectivity index is 0.00000225. The first-order valence-electron chi connectivity index (χ1n) is 4.87. The fourth-order valence-electron chi connectivity index (χ4n) is 1.29. The van der Waals surface area contributed by atoms with Crippen LogP contribution < -0.4 is 10.6 Å². The maximum Gasteiger partial charge on any atom is 0.325 e. The Morgan fingerprint density at radius 3 is 2.88 bits per heavy atom. The second-order valence-corrected chi connectivity index (χ2v) is 3.28. The Labute approximate surface area is 100 Å². The summed E-state index contributed by atoms with van der Waals surface area (Å²) in [7, 11) is 1.28. The number of morpholine rings is 1. The molecule has 0 aromatic rings. The summed E-state index contributed by atoms with van der Waals surface area (Å²) in [5.74, 6) is -0.625. The molecule has 0 aromatic carbocycles. The summed E-state index contributed by atoms with van der Waals surface area (Å²) in [5.41, 5.74) is 0. The summed E-state index contributed by atoms with van der Waals surface area (Å²) in [6, 6.07) is 0.0383. The van der Waals surface area contributed by atoms with E-state index in [0.717, 1.165) is 6.54 Å². The lowest BCUT2D eigenvalue weighted by Gasteiger charge is -2.23. The average Bonchev–Trinajstić information content (AvgIpc) is 2.27. The number of esters is 1. The van der Waals surface area contributed by atoms with Gasteiger partial charge in [-0.15, -0.1) is 12.4 Å². The van der Waals surface area contributed by atoms with Crippen molar-refractivity contribution in [2.45, 2.75) is 12.5 Å². The summed E-state index contributed by atoms with van der Waals surface area (Å²) in [6.07, 6.45) is 0.316. The van der Waals surface area contributed by atoms with E-state index in [2.05, 4.69) is 15.4 Å². The van der Waals surface area contributed by atoms with Crippen molar-refractivity contribution in [3.8, 4) is 0 Å². The van der Waals surface area contributed by atoms with Crippen molar-refractivity contribution in [2.24, 2.45) is 0 Å². The van der Waals surface area contributed by atoms with Gasteiger partial charge < -0.3 is 20.1 Å². The van der Waals surface area contributed by atoms with Gasteiger partial charge in [0.15, 0.2) is 0 Å². The highest BCUT2D eigenvalue weighted by atomic mass is 35.5. The lowest BCUT2D eigenvalue weighted by atomic mass is 10.2. The zero-order valence-electron chi connectivity index (χ0n) is 9.15. The molecular weight excluding hydrogens is 236 g/mol. The molecule has 1 heterocycles. The van der Waals surface area contributed by atoms with Gasteiger partial charge in [-0.2, -0.15) is 0 Å². The van der Waals surface area contributed by atoms with E-state index < -0.39 is 5.97 Å². The van der Waals surface area contributed by atoms with Crippen LogP contribution in [-0.2, 0) is 19.1 Å². The van der Waals surface area contributed by atoms with Crippen LogP contribution in [0.5, 0.6) is 0 Å². The van der Waals surface area contributed by atoms with E-state index in [9.17, 15) is 9.59 Å². The first-order chi connectivity index (χ1) is 7.22. The summed E-state index contributed by atoms with van der Waals surface area (Å²) in [5, 5.41) is 5.62. The Kier molecular flexibility index (Phi) is 7.88. The monoisotopic (exact) mass is 252 g/mol. The Morgan fingerprint density at radius 1 is 1.56 bits per heavy atom. The minimum absolute atomic E-state index is 0. The molecule has 0 radical (unpaired) electrons. The molecule has 0 aromatic heterocycles. The maximum atomic E-state index is 11.3. The highest BCUT2D eigenvalue weighted by Gasteiger charge is 2.16. The molecular formula is C9H17ClN2O4. The summed E-state index contributed by atoms with van der Waals surface area (Å²) < 4.78 is 9.59. The molecule has 1 aliphatic heterocycles. The Bertz CT molecular complexity index is 232. The standard InChI is InChI=1S/C9H16N2O4.ClH/c1-14-9(13)5-11-8(12)4-7-6-15-3-2-10-7;/h7,10H,2-6H2,1H3,(H,11,12);1H. The summed E-state index contributed by atoms with van der Waals surface area (Å²) in [6.45, 7) is 1.89. The van der Waals surface area contributed by atoms with Gasteiger partial charge in [0, 0.05) is 19.0 Å². The van der Waals surface area contributed by atoms with E-state index in [1.165, 1.54) is 7.11 Å². The van der Waals surface area contributed by atoms with Crippen LogP contribution in [0.1, 0.15) is 6.42 Å². The lowest BCUT2D eigenvalue weighted by molar-refractivity contribution is -0.141. The molecule has 1 rings (SSSR count). The van der Waals surface area contributed by atoms with Crippen LogP contribution in [0.15, 0.2) is 0 Å². The molecule has 1 unspecified atom stereocenters. The number of hydrogen-bond acceptors (Lipinski definition) is 5. The summed E-state index contributed by atoms with van der Waals surface area (Å²) >= 11 is 0. The molecule has 0 aliphatic carbocycles. The van der Waals surface area contributed by atoms with E-state index in [-0.39, 0.29) is 30.9 Å². The quantitative estimate of drug-likeness (QED) is 0.633. The van der Waals surface area contributed by atoms with Gasteiger partial charge in [-0.05, 0) is 0 Å². The van der Waals surface area contributed by atoms with Crippen LogP contribution in [0.4, 0.5) is 0 Å². The molecule has 1 fully saturated rings. The Hall–Kier alpha value is -0.850. The predicted molar refractivity (Wildman–Crippen MR) is 59.5 cm³/mol. The van der Waals surface area contributed by atoms with Gasteiger partial charge in [0.25, 0.3) is 0 Å². The third kappa shape index (κ3) is 5.89. The highest BCUT2D eigenvalue weighted by Crippen LogP contribution is 1.97. The van der Waals surface area contributed by atoms with Crippen molar-refractivity contribution in [3.63, 3.8) is 0 Å². The van der Waals surface area contributed by atoms with Crippen LogP contribution in [0.2, 0.25) is 0 Å². The number of rotatable bonds is 4. The largest absolute Gasteiger partial charge is 0.468 e. The first kappa shape index (κ1) is 15.2. The van der Waals surface area contributed by atoms with Crippen LogP contribution >= 0.6 is 12.4 Å². The molecule has 16 heavy (non-hydrogen) atoms. The van der Waals surface area contributed by atoms with Gasteiger partial charge in [0.05, 0.1) is 20.3 Å². The minimum Gasteiger partial charge on any atom is -0.468 e. The third-order valence-corrected chi connectivity index (χ3v) is 2.09. The van der Waals surface area contributed by atoms with Gasteiger partial charge >= 0.3 is 5.97 Å². The molecule has 6 nitrogen and oxygen atoms in total. The van der Waals surface area contributed by atoms with E-state index in [0.29, 0.717) is 19.6 Å². The van der Waals surface area contributed by atoms with E-state index >= 15 is 0 Å². The minimum atomic E-state index is -0.448. The molecule has 2 N–H and O–H groups in total. The van der Waals surface area contributed by atoms with Gasteiger partial charge in [-0.25, -0.2) is 0 Å². The number of hydrogen-bond donors (Lipinski definition) is 2. The second-order valence-electron chi connectivity index (χ2n) is 3.28. The van der Waals surface area contributed by atoms with E-state index in [1.807, 2.05) is 0 Å². The number of methoxy groups -OCH3 is 1. The van der Waals surface area contributed by atoms with Gasteiger partial charge in [0.1, 0.15) is 6.54 Å². The van der Waals surface area contributed by atoms with Crippen molar-refractivity contribution in [3.05, 3.63) is 0 Å². The zero-order chi connectivity index (χ0) is 11.1. The van der Waals surface area contributed by atoms with Crippen LogP contribution in [0.3, 0.4) is 0 Å². The van der Waals surface area contributed by atoms with Crippen LogP contribution in [0, 0.1) is 0 Å². The van der Waals surface area contributed by atoms with Crippen molar-refractivity contribution >= 4 is 24.3 Å². The van der Waals surface area contributed by atoms with Gasteiger partial charge in [-0.1, -0.05) is 0 Å². The van der Waals surface area contributed by atoms with Gasteiger partial charge in [0.2, 0.25) is 5.91 Å². The van der Waals surface area contributed by atoms with Crippen LogP contribution in [0.25, 0.3) is 0 Å². The van der Waals surface area contributed by atoms with Crippen molar-refractivity contribution in [1.29, 1.82) is 0 Å². The highest BCUT2D eigenvalue weighted by molar-refractivity contribution is 5.85. The number of nitrogens with one attached hydrogen (secondary N) is 2. The predicted octanol–water partition coefficient (Wildman–Crippen LogP) is -0.924. The zero-order valence-corrected chi connectivity index (χ0v) is 9.97. The normalized spacial score (nSPS) is 19.4. The number of ether oxygens (including phenoxy) is 2. The maximum absolute atomic E-state index is 11.3. The third-order valence-electron chi connectivity index (χ3n) is 2.09. The van der Waals surface area contributed by atoms with E-state index in [4.69, 9.17) is 4.74 Å². The average molecular weight is 253 g/mol. The second kappa shape index (κ2) is 8.32. The number of amides is 1. The molecule has 1 aliphatic rings. The molecule has 0 spiro atoms.